The van der Waals surface area contributed by atoms with Crippen LogP contribution in [0.3, 0.4) is 0 Å². The molecule has 0 heterocycles. The molecule has 0 unspecified atom stereocenters. The minimum absolute atomic E-state index is 0.932. The summed E-state index contributed by atoms with van der Waals surface area (Å²) in [5, 5.41) is 1.86. The Kier molecular flexibility index (Phi) is 4.87. The van der Waals surface area contributed by atoms with Crippen LogP contribution in [0.5, 0.6) is 0 Å². The van der Waals surface area contributed by atoms with Crippen LogP contribution in [-0.2, 0) is 4.57 Å². The van der Waals surface area contributed by atoms with E-state index in [1.807, 2.05) is 61.0 Å². The van der Waals surface area contributed by atoms with Gasteiger partial charge in [-0.25, -0.2) is 0 Å². The van der Waals surface area contributed by atoms with Gasteiger partial charge in [-0.3, -0.25) is 0 Å². The van der Waals surface area contributed by atoms with Gasteiger partial charge < -0.3 is 0 Å². The molecular weight excluding hydrogens is 279 g/mol. The molecule has 0 aliphatic carbocycles. The van der Waals surface area contributed by atoms with Crippen molar-refractivity contribution in [1.29, 1.82) is 0 Å². The molecule has 18 heavy (non-hydrogen) atoms. The molecule has 0 N–H and O–H groups in total. The maximum atomic E-state index is 12.7. The molecule has 4 heteroatoms. The lowest BCUT2D eigenvalue weighted by molar-refractivity contribution is 0.597. The third-order valence-electron chi connectivity index (χ3n) is 2.61. The summed E-state index contributed by atoms with van der Waals surface area (Å²) >= 11 is 3.28. The zero-order chi connectivity index (χ0) is 13.0. The Labute approximate surface area is 117 Å². The second-order valence-electron chi connectivity index (χ2n) is 3.64. The first-order chi connectivity index (χ1) is 8.77. The van der Waals surface area contributed by atoms with Crippen molar-refractivity contribution < 1.29 is 4.57 Å². The normalized spacial score (nSPS) is 10.3. The van der Waals surface area contributed by atoms with Gasteiger partial charge in [0.2, 0.25) is 10.6 Å². The van der Waals surface area contributed by atoms with E-state index in [0.717, 1.165) is 20.4 Å². The van der Waals surface area contributed by atoms with E-state index in [4.69, 9.17) is 0 Å². The first-order valence-corrected chi connectivity index (χ1v) is 9.22. The van der Waals surface area contributed by atoms with E-state index in [9.17, 15) is 4.57 Å². The Balaban J connectivity index is 2.48. The van der Waals surface area contributed by atoms with Crippen LogP contribution in [-0.4, -0.2) is 12.5 Å². The summed E-state index contributed by atoms with van der Waals surface area (Å²) < 4.78 is 12.7. The number of hydrogen-bond acceptors (Lipinski definition) is 3. The largest absolute Gasteiger partial charge is 0.417 e. The van der Waals surface area contributed by atoms with E-state index in [0.29, 0.717) is 0 Å². The molecule has 0 spiro atoms. The van der Waals surface area contributed by atoms with E-state index >= 15 is 0 Å². The number of thioether (sulfide) groups is 2. The fraction of sp³-hybridized carbons (Fsp3) is 0.143. The predicted molar refractivity (Wildman–Crippen MR) is 83.3 cm³/mol. The molecule has 2 rings (SSSR count). The van der Waals surface area contributed by atoms with Gasteiger partial charge in [-0.1, -0.05) is 28.8 Å². The summed E-state index contributed by atoms with van der Waals surface area (Å²) in [6.45, 7) is 0. The van der Waals surface area contributed by atoms with Crippen LogP contribution >= 0.6 is 31.3 Å². The standard InChI is InChI=1S/C14H14OPS2/c1-17-13-9-5-3-7-11(13)16(15)12-8-4-6-10-14(12)18-2/h3-10H,1-2H3/q+1. The van der Waals surface area contributed by atoms with E-state index in [-0.39, 0.29) is 0 Å². The minimum Gasteiger partial charge on any atom is -0.125 e. The third kappa shape index (κ3) is 2.80. The SMILES string of the molecule is CSc1ccccc1[P+](=O)c1ccccc1SC. The van der Waals surface area contributed by atoms with Crippen molar-refractivity contribution in [2.75, 3.05) is 12.5 Å². The predicted octanol–water partition coefficient (Wildman–Crippen LogP) is 3.91. The van der Waals surface area contributed by atoms with Crippen LogP contribution in [0.15, 0.2) is 58.3 Å². The van der Waals surface area contributed by atoms with Crippen LogP contribution in [0.4, 0.5) is 0 Å². The lowest BCUT2D eigenvalue weighted by atomic mass is 10.4. The van der Waals surface area contributed by atoms with Gasteiger partial charge in [0.05, 0.1) is 9.79 Å². The van der Waals surface area contributed by atoms with Crippen LogP contribution in [0.2, 0.25) is 0 Å². The number of rotatable bonds is 4. The highest BCUT2D eigenvalue weighted by Gasteiger charge is 2.28. The molecule has 0 aliphatic rings. The van der Waals surface area contributed by atoms with Gasteiger partial charge in [-0.2, -0.15) is 0 Å². The topological polar surface area (TPSA) is 17.1 Å². The van der Waals surface area contributed by atoms with Crippen LogP contribution in [0.25, 0.3) is 0 Å². The van der Waals surface area contributed by atoms with Crippen molar-refractivity contribution >= 4 is 41.9 Å². The molecule has 0 saturated heterocycles. The molecule has 0 aliphatic heterocycles. The van der Waals surface area contributed by atoms with Gasteiger partial charge in [-0.15, -0.1) is 23.5 Å². The first-order valence-electron chi connectivity index (χ1n) is 5.51. The fourth-order valence-corrected chi connectivity index (χ4v) is 5.01. The third-order valence-corrected chi connectivity index (χ3v) is 6.16. The lowest BCUT2D eigenvalue weighted by Gasteiger charge is -1.99. The Bertz CT molecular complexity index is 520. The number of hydrogen-bond donors (Lipinski definition) is 0. The Hall–Kier alpha value is -0.760. The Morgan fingerprint density at radius 1 is 0.778 bits per heavy atom. The average molecular weight is 293 g/mol. The molecule has 2 aromatic carbocycles. The van der Waals surface area contributed by atoms with Crippen LogP contribution in [0.1, 0.15) is 0 Å². The summed E-state index contributed by atoms with van der Waals surface area (Å²) in [7, 11) is -1.52. The van der Waals surface area contributed by atoms with E-state index in [1.165, 1.54) is 0 Å². The Morgan fingerprint density at radius 2 is 1.17 bits per heavy atom. The second kappa shape index (κ2) is 6.42. The van der Waals surface area contributed by atoms with Gasteiger partial charge in [0.1, 0.15) is 0 Å². The maximum absolute atomic E-state index is 12.7. The summed E-state index contributed by atoms with van der Waals surface area (Å²) in [5.74, 6) is 0. The molecule has 2 aromatic rings. The van der Waals surface area contributed by atoms with Crippen molar-refractivity contribution in [3.05, 3.63) is 48.5 Å². The van der Waals surface area contributed by atoms with E-state index in [2.05, 4.69) is 0 Å². The molecule has 0 radical (unpaired) electrons. The first kappa shape index (κ1) is 13.7. The highest BCUT2D eigenvalue weighted by Crippen LogP contribution is 2.29. The molecule has 0 aromatic heterocycles. The fourth-order valence-electron chi connectivity index (χ4n) is 1.72. The Morgan fingerprint density at radius 3 is 1.56 bits per heavy atom. The van der Waals surface area contributed by atoms with Gasteiger partial charge in [0.25, 0.3) is 0 Å². The molecule has 0 bridgehead atoms. The zero-order valence-corrected chi connectivity index (χ0v) is 12.8. The lowest BCUT2D eigenvalue weighted by Crippen LogP contribution is -2.10. The molecular formula is C14H14OPS2+. The highest BCUT2D eigenvalue weighted by atomic mass is 32.2. The summed E-state index contributed by atoms with van der Waals surface area (Å²) in [6.07, 6.45) is 4.03. The smallest absolute Gasteiger partial charge is 0.125 e. The molecule has 0 amide bonds. The van der Waals surface area contributed by atoms with Gasteiger partial charge in [0.15, 0.2) is 0 Å². The summed E-state index contributed by atoms with van der Waals surface area (Å²) in [4.78, 5) is 2.18. The van der Waals surface area contributed by atoms with Crippen molar-refractivity contribution in [2.24, 2.45) is 0 Å². The molecule has 1 nitrogen and oxygen atoms in total. The maximum Gasteiger partial charge on any atom is 0.417 e. The number of benzene rings is 2. The molecule has 0 fully saturated rings. The van der Waals surface area contributed by atoms with E-state index in [1.54, 1.807) is 23.5 Å². The van der Waals surface area contributed by atoms with Crippen molar-refractivity contribution in [3.8, 4) is 0 Å². The van der Waals surface area contributed by atoms with Crippen molar-refractivity contribution in [1.82, 2.24) is 0 Å². The molecule has 0 saturated carbocycles. The summed E-state index contributed by atoms with van der Waals surface area (Å²) in [5.41, 5.74) is 0. The van der Waals surface area contributed by atoms with Crippen LogP contribution < -0.4 is 10.6 Å². The van der Waals surface area contributed by atoms with Gasteiger partial charge >= 0.3 is 7.80 Å². The minimum atomic E-state index is -1.52. The van der Waals surface area contributed by atoms with Crippen molar-refractivity contribution in [3.63, 3.8) is 0 Å². The average Bonchev–Trinajstić information content (AvgIpc) is 2.46. The zero-order valence-electron chi connectivity index (χ0n) is 10.3. The highest BCUT2D eigenvalue weighted by molar-refractivity contribution is 7.99. The van der Waals surface area contributed by atoms with Crippen molar-refractivity contribution in [2.45, 2.75) is 9.79 Å². The molecule has 0 atom stereocenters. The summed E-state index contributed by atoms with van der Waals surface area (Å²) in [6, 6.07) is 15.8. The van der Waals surface area contributed by atoms with Gasteiger partial charge in [0, 0.05) is 0 Å². The monoisotopic (exact) mass is 293 g/mol. The second-order valence-corrected chi connectivity index (χ2v) is 6.89. The quantitative estimate of drug-likeness (QED) is 0.628. The molecule has 92 valence electrons. The van der Waals surface area contributed by atoms with Gasteiger partial charge in [-0.05, 0) is 36.8 Å². The van der Waals surface area contributed by atoms with E-state index < -0.39 is 7.80 Å². The van der Waals surface area contributed by atoms with Crippen LogP contribution in [0, 0.1) is 0 Å².